The molecule has 0 saturated carbocycles. The van der Waals surface area contributed by atoms with Gasteiger partial charge in [-0.1, -0.05) is 24.3 Å². The van der Waals surface area contributed by atoms with Crippen molar-refractivity contribution in [2.75, 3.05) is 5.32 Å². The quantitative estimate of drug-likeness (QED) is 0.776. The monoisotopic (exact) mass is 310 g/mol. The van der Waals surface area contributed by atoms with Crippen LogP contribution in [-0.4, -0.2) is 15.9 Å². The summed E-state index contributed by atoms with van der Waals surface area (Å²) in [6, 6.07) is 11.4. The van der Waals surface area contributed by atoms with Gasteiger partial charge < -0.3 is 11.1 Å². The first kappa shape index (κ1) is 14.9. The first-order chi connectivity index (χ1) is 11.1. The molecule has 3 rings (SSSR count). The van der Waals surface area contributed by atoms with Gasteiger partial charge in [0.2, 0.25) is 0 Å². The summed E-state index contributed by atoms with van der Waals surface area (Å²) in [5.74, 6) is -0.319. The van der Waals surface area contributed by atoms with Crippen LogP contribution in [0.1, 0.15) is 28.9 Å². The minimum atomic E-state index is -0.553. The molecule has 0 radical (unpaired) electrons. The van der Waals surface area contributed by atoms with Gasteiger partial charge >= 0.3 is 0 Å². The Hall–Kier alpha value is -3.02. The number of carbonyl (C=O) groups is 1. The average molecular weight is 310 g/mol. The maximum absolute atomic E-state index is 13.9. The van der Waals surface area contributed by atoms with Gasteiger partial charge in [-0.05, 0) is 25.1 Å². The Morgan fingerprint density at radius 2 is 1.96 bits per heavy atom. The third-order valence-electron chi connectivity index (χ3n) is 3.66. The Morgan fingerprint density at radius 1 is 1.17 bits per heavy atom. The van der Waals surface area contributed by atoms with Gasteiger partial charge in [-0.15, -0.1) is 0 Å². The Balaban J connectivity index is 2.02. The van der Waals surface area contributed by atoms with Crippen LogP contribution in [0.25, 0.3) is 10.9 Å². The lowest BCUT2D eigenvalue weighted by Crippen LogP contribution is -2.13. The van der Waals surface area contributed by atoms with E-state index in [4.69, 9.17) is 5.73 Å². The molecule has 0 spiro atoms. The summed E-state index contributed by atoms with van der Waals surface area (Å²) >= 11 is 0. The van der Waals surface area contributed by atoms with Crippen LogP contribution in [0.4, 0.5) is 10.2 Å². The van der Waals surface area contributed by atoms with Gasteiger partial charge in [0.15, 0.2) is 0 Å². The van der Waals surface area contributed by atoms with E-state index in [-0.39, 0.29) is 11.9 Å². The lowest BCUT2D eigenvalue weighted by atomic mass is 10.1. The van der Waals surface area contributed by atoms with Crippen molar-refractivity contribution >= 4 is 22.6 Å². The largest absolute Gasteiger partial charge is 0.366 e. The molecular weight excluding hydrogens is 295 g/mol. The van der Waals surface area contributed by atoms with Crippen molar-refractivity contribution in [2.45, 2.75) is 13.0 Å². The van der Waals surface area contributed by atoms with Crippen LogP contribution in [-0.2, 0) is 0 Å². The summed E-state index contributed by atoms with van der Waals surface area (Å²) in [5, 5.41) is 3.82. The van der Waals surface area contributed by atoms with E-state index in [9.17, 15) is 9.18 Å². The van der Waals surface area contributed by atoms with E-state index in [1.807, 2.05) is 6.92 Å². The van der Waals surface area contributed by atoms with Crippen LogP contribution >= 0.6 is 0 Å². The van der Waals surface area contributed by atoms with Gasteiger partial charge in [-0.3, -0.25) is 4.79 Å². The van der Waals surface area contributed by atoms with E-state index in [1.165, 1.54) is 12.4 Å². The zero-order chi connectivity index (χ0) is 16.4. The van der Waals surface area contributed by atoms with Gasteiger partial charge in [0.1, 0.15) is 18.0 Å². The van der Waals surface area contributed by atoms with Crippen LogP contribution in [0.15, 0.2) is 48.8 Å². The molecule has 3 aromatic rings. The molecule has 116 valence electrons. The Bertz CT molecular complexity index is 881. The van der Waals surface area contributed by atoms with Crippen LogP contribution < -0.4 is 11.1 Å². The molecule has 2 aromatic carbocycles. The molecule has 0 saturated heterocycles. The highest BCUT2D eigenvalue weighted by atomic mass is 19.1. The molecule has 1 aromatic heterocycles. The number of amides is 1. The molecule has 6 heteroatoms. The number of anilines is 1. The van der Waals surface area contributed by atoms with Crippen molar-refractivity contribution in [2.24, 2.45) is 5.73 Å². The molecule has 0 fully saturated rings. The lowest BCUT2D eigenvalue weighted by Gasteiger charge is -2.17. The topological polar surface area (TPSA) is 80.9 Å². The zero-order valence-electron chi connectivity index (χ0n) is 12.5. The van der Waals surface area contributed by atoms with Gasteiger partial charge in [-0.2, -0.15) is 0 Å². The van der Waals surface area contributed by atoms with Crippen molar-refractivity contribution in [3.05, 3.63) is 65.7 Å². The highest BCUT2D eigenvalue weighted by Gasteiger charge is 2.15. The second-order valence-corrected chi connectivity index (χ2v) is 5.18. The van der Waals surface area contributed by atoms with E-state index in [2.05, 4.69) is 15.3 Å². The van der Waals surface area contributed by atoms with Crippen molar-refractivity contribution < 1.29 is 9.18 Å². The summed E-state index contributed by atoms with van der Waals surface area (Å²) in [6.45, 7) is 1.84. The number of halogens is 1. The predicted octanol–water partition coefficient (Wildman–Crippen LogP) is 3.04. The highest BCUT2D eigenvalue weighted by Crippen LogP contribution is 2.26. The summed E-state index contributed by atoms with van der Waals surface area (Å²) in [4.78, 5) is 19.8. The van der Waals surface area contributed by atoms with Crippen LogP contribution in [0.2, 0.25) is 0 Å². The summed E-state index contributed by atoms with van der Waals surface area (Å²) < 4.78 is 13.9. The minimum Gasteiger partial charge on any atom is -0.366 e. The number of hydrogen-bond donors (Lipinski definition) is 2. The number of aromatic nitrogens is 2. The molecule has 3 N–H and O–H groups in total. The molecule has 1 atom stereocenters. The number of benzene rings is 2. The standard InChI is InChI=1S/C17H15FN4O/c1-10(11-5-2-3-8-14(11)18)22-17-13-7-4-6-12(16(19)23)15(13)20-9-21-17/h2-10H,1H3,(H2,19,23)(H,20,21,22)/t10-/m1/s1. The Morgan fingerprint density at radius 3 is 2.70 bits per heavy atom. The van der Waals surface area contributed by atoms with Crippen LogP contribution in [0, 0.1) is 5.82 Å². The Labute approximate surface area is 132 Å². The molecular formula is C17H15FN4O. The molecule has 1 heterocycles. The maximum Gasteiger partial charge on any atom is 0.250 e. The normalized spacial score (nSPS) is 12.1. The molecule has 23 heavy (non-hydrogen) atoms. The molecule has 0 aliphatic rings. The molecule has 0 aliphatic carbocycles. The lowest BCUT2D eigenvalue weighted by molar-refractivity contribution is 0.100. The fraction of sp³-hybridized carbons (Fsp3) is 0.118. The third kappa shape index (κ3) is 2.83. The van der Waals surface area contributed by atoms with Crippen LogP contribution in [0.3, 0.4) is 0 Å². The average Bonchev–Trinajstić information content (AvgIpc) is 2.54. The number of nitrogens with zero attached hydrogens (tertiary/aromatic N) is 2. The summed E-state index contributed by atoms with van der Waals surface area (Å²) in [6.07, 6.45) is 1.35. The third-order valence-corrected chi connectivity index (χ3v) is 3.66. The smallest absolute Gasteiger partial charge is 0.250 e. The van der Waals surface area contributed by atoms with Crippen molar-refractivity contribution in [3.63, 3.8) is 0 Å². The second kappa shape index (κ2) is 6.00. The second-order valence-electron chi connectivity index (χ2n) is 5.18. The minimum absolute atomic E-state index is 0.288. The summed E-state index contributed by atoms with van der Waals surface area (Å²) in [7, 11) is 0. The Kier molecular flexibility index (Phi) is 3.89. The molecule has 0 aliphatic heterocycles. The molecule has 0 bridgehead atoms. The van der Waals surface area contributed by atoms with Crippen molar-refractivity contribution in [3.8, 4) is 0 Å². The first-order valence-corrected chi connectivity index (χ1v) is 7.12. The predicted molar refractivity (Wildman–Crippen MR) is 86.5 cm³/mol. The number of rotatable bonds is 4. The number of hydrogen-bond acceptors (Lipinski definition) is 4. The highest BCUT2D eigenvalue weighted by molar-refractivity contribution is 6.06. The summed E-state index contributed by atoms with van der Waals surface area (Å²) in [5.41, 5.74) is 6.70. The molecule has 0 unspecified atom stereocenters. The van der Waals surface area contributed by atoms with Crippen molar-refractivity contribution in [1.82, 2.24) is 9.97 Å². The number of primary amides is 1. The van der Waals surface area contributed by atoms with Gasteiger partial charge in [0, 0.05) is 10.9 Å². The van der Waals surface area contributed by atoms with Gasteiger partial charge in [0.05, 0.1) is 17.1 Å². The van der Waals surface area contributed by atoms with Gasteiger partial charge in [0.25, 0.3) is 5.91 Å². The maximum atomic E-state index is 13.9. The van der Waals surface area contributed by atoms with Crippen molar-refractivity contribution in [1.29, 1.82) is 0 Å². The number of nitrogens with one attached hydrogen (secondary N) is 1. The van der Waals surface area contributed by atoms with E-state index >= 15 is 0 Å². The number of fused-ring (bicyclic) bond motifs is 1. The fourth-order valence-corrected chi connectivity index (χ4v) is 2.51. The fourth-order valence-electron chi connectivity index (χ4n) is 2.51. The first-order valence-electron chi connectivity index (χ1n) is 7.12. The van der Waals surface area contributed by atoms with E-state index < -0.39 is 5.91 Å². The molecule has 1 amide bonds. The number of carbonyl (C=O) groups excluding carboxylic acids is 1. The zero-order valence-corrected chi connectivity index (χ0v) is 12.5. The van der Waals surface area contributed by atoms with Crippen LogP contribution in [0.5, 0.6) is 0 Å². The number of nitrogens with two attached hydrogens (primary N) is 1. The number of para-hydroxylation sites is 1. The van der Waals surface area contributed by atoms with Gasteiger partial charge in [-0.25, -0.2) is 14.4 Å². The SMILES string of the molecule is C[C@@H](Nc1ncnc2c(C(N)=O)cccc12)c1ccccc1F. The molecule has 5 nitrogen and oxygen atoms in total. The van der Waals surface area contributed by atoms with E-state index in [0.29, 0.717) is 27.8 Å². The van der Waals surface area contributed by atoms with E-state index in [1.54, 1.807) is 36.4 Å². The van der Waals surface area contributed by atoms with E-state index in [0.717, 1.165) is 0 Å².